The monoisotopic (exact) mass is 355 g/mol. The van der Waals surface area contributed by atoms with Crippen LogP contribution in [0.15, 0.2) is 55.4 Å². The Morgan fingerprint density at radius 3 is 2.63 bits per heavy atom. The molecule has 0 N–H and O–H groups in total. The van der Waals surface area contributed by atoms with Crippen LogP contribution in [-0.4, -0.2) is 41.3 Å². The van der Waals surface area contributed by atoms with E-state index in [1.807, 2.05) is 36.7 Å². The van der Waals surface area contributed by atoms with Crippen molar-refractivity contribution in [3.8, 4) is 11.4 Å². The zero-order chi connectivity index (χ0) is 18.1. The minimum atomic E-state index is 0.684. The van der Waals surface area contributed by atoms with Gasteiger partial charge < -0.3 is 0 Å². The van der Waals surface area contributed by atoms with E-state index in [0.717, 1.165) is 59.6 Å². The van der Waals surface area contributed by atoms with E-state index < -0.39 is 0 Å². The molecule has 7 heteroatoms. The molecule has 4 heterocycles. The minimum absolute atomic E-state index is 0.684. The van der Waals surface area contributed by atoms with E-state index in [4.69, 9.17) is 9.97 Å². The molecule has 132 valence electrons. The summed E-state index contributed by atoms with van der Waals surface area (Å²) in [5.74, 6) is 0.684. The third-order valence-electron chi connectivity index (χ3n) is 4.72. The first kappa shape index (κ1) is 15.9. The Labute approximate surface area is 156 Å². The van der Waals surface area contributed by atoms with Crippen LogP contribution >= 0.6 is 0 Å². The van der Waals surface area contributed by atoms with Crippen molar-refractivity contribution in [2.75, 3.05) is 6.54 Å². The van der Waals surface area contributed by atoms with Crippen LogP contribution < -0.4 is 0 Å². The molecule has 0 fully saturated rings. The van der Waals surface area contributed by atoms with Crippen LogP contribution in [0.1, 0.15) is 17.0 Å². The lowest BCUT2D eigenvalue weighted by Crippen LogP contribution is -2.31. The molecule has 0 spiro atoms. The van der Waals surface area contributed by atoms with Crippen molar-refractivity contribution in [2.24, 2.45) is 0 Å². The number of para-hydroxylation sites is 2. The molecule has 1 aliphatic heterocycles. The number of benzene rings is 1. The fourth-order valence-corrected chi connectivity index (χ4v) is 3.36. The van der Waals surface area contributed by atoms with Gasteiger partial charge in [0.05, 0.1) is 34.2 Å². The minimum Gasteiger partial charge on any atom is -0.293 e. The Balaban J connectivity index is 1.34. The molecule has 0 atom stereocenters. The second-order valence-electron chi connectivity index (χ2n) is 6.60. The van der Waals surface area contributed by atoms with Crippen molar-refractivity contribution < 1.29 is 0 Å². The van der Waals surface area contributed by atoms with Crippen LogP contribution in [-0.2, 0) is 19.5 Å². The van der Waals surface area contributed by atoms with Crippen LogP contribution in [0.3, 0.4) is 0 Å². The summed E-state index contributed by atoms with van der Waals surface area (Å²) in [4.78, 5) is 28.9. The van der Waals surface area contributed by atoms with E-state index in [-0.39, 0.29) is 0 Å². The molecule has 5 rings (SSSR count). The van der Waals surface area contributed by atoms with Gasteiger partial charge in [-0.25, -0.2) is 24.9 Å². The van der Waals surface area contributed by atoms with Gasteiger partial charge in [-0.3, -0.25) is 9.88 Å². The predicted octanol–water partition coefficient (Wildman–Crippen LogP) is 2.44. The van der Waals surface area contributed by atoms with Crippen molar-refractivity contribution in [2.45, 2.75) is 19.5 Å². The molecule has 0 saturated heterocycles. The molecule has 1 aliphatic rings. The van der Waals surface area contributed by atoms with Gasteiger partial charge in [0, 0.05) is 50.2 Å². The van der Waals surface area contributed by atoms with Gasteiger partial charge in [0.15, 0.2) is 5.82 Å². The number of aromatic nitrogens is 6. The average Bonchev–Trinajstić information content (AvgIpc) is 2.74. The zero-order valence-electron chi connectivity index (χ0n) is 14.7. The van der Waals surface area contributed by atoms with E-state index in [9.17, 15) is 0 Å². The topological polar surface area (TPSA) is 80.6 Å². The SMILES string of the molecule is c1ccc2nc(CN3CCc4nc(-c5cncnc5)ncc4C3)cnc2c1. The van der Waals surface area contributed by atoms with Gasteiger partial charge in [-0.1, -0.05) is 12.1 Å². The molecule has 0 unspecified atom stereocenters. The number of hydrogen-bond donors (Lipinski definition) is 0. The van der Waals surface area contributed by atoms with Gasteiger partial charge in [-0.15, -0.1) is 0 Å². The van der Waals surface area contributed by atoms with Crippen molar-refractivity contribution in [3.63, 3.8) is 0 Å². The number of rotatable bonds is 3. The second-order valence-corrected chi connectivity index (χ2v) is 6.60. The quantitative estimate of drug-likeness (QED) is 0.558. The summed E-state index contributed by atoms with van der Waals surface area (Å²) in [6.45, 7) is 2.52. The van der Waals surface area contributed by atoms with Gasteiger partial charge in [0.25, 0.3) is 0 Å². The Hall–Kier alpha value is -3.32. The average molecular weight is 355 g/mol. The molecule has 3 aromatic heterocycles. The Morgan fingerprint density at radius 1 is 0.889 bits per heavy atom. The molecule has 0 radical (unpaired) electrons. The highest BCUT2D eigenvalue weighted by Crippen LogP contribution is 2.21. The molecular weight excluding hydrogens is 338 g/mol. The summed E-state index contributed by atoms with van der Waals surface area (Å²) in [6, 6.07) is 7.95. The maximum absolute atomic E-state index is 4.73. The Morgan fingerprint density at radius 2 is 1.74 bits per heavy atom. The van der Waals surface area contributed by atoms with Crippen molar-refractivity contribution >= 4 is 11.0 Å². The molecule has 0 bridgehead atoms. The Bertz CT molecular complexity index is 1100. The normalized spacial score (nSPS) is 14.2. The lowest BCUT2D eigenvalue weighted by Gasteiger charge is -2.27. The number of nitrogens with zero attached hydrogens (tertiary/aromatic N) is 7. The Kier molecular flexibility index (Phi) is 3.99. The van der Waals surface area contributed by atoms with Gasteiger partial charge >= 0.3 is 0 Å². The first-order valence-corrected chi connectivity index (χ1v) is 8.88. The summed E-state index contributed by atoms with van der Waals surface area (Å²) in [7, 11) is 0. The van der Waals surface area contributed by atoms with E-state index in [1.54, 1.807) is 12.4 Å². The standard InChI is InChI=1S/C20H17N7/c1-2-4-19-18(3-1)23-10-16(25-19)12-27-6-5-17-15(11-27)9-24-20(26-17)14-7-21-13-22-8-14/h1-4,7-10,13H,5-6,11-12H2. The smallest absolute Gasteiger partial charge is 0.162 e. The third kappa shape index (κ3) is 3.24. The van der Waals surface area contributed by atoms with Gasteiger partial charge in [-0.2, -0.15) is 0 Å². The molecule has 0 saturated carbocycles. The third-order valence-corrected chi connectivity index (χ3v) is 4.72. The highest BCUT2D eigenvalue weighted by Gasteiger charge is 2.19. The maximum Gasteiger partial charge on any atom is 0.162 e. The molecule has 0 aliphatic carbocycles. The molecule has 4 aromatic rings. The van der Waals surface area contributed by atoms with Crippen LogP contribution in [0.4, 0.5) is 0 Å². The highest BCUT2D eigenvalue weighted by atomic mass is 15.1. The largest absolute Gasteiger partial charge is 0.293 e. The van der Waals surface area contributed by atoms with Gasteiger partial charge in [-0.05, 0) is 12.1 Å². The first-order chi connectivity index (χ1) is 13.3. The number of fused-ring (bicyclic) bond motifs is 2. The van der Waals surface area contributed by atoms with Crippen LogP contribution in [0.25, 0.3) is 22.4 Å². The van der Waals surface area contributed by atoms with E-state index in [0.29, 0.717) is 5.82 Å². The lowest BCUT2D eigenvalue weighted by molar-refractivity contribution is 0.240. The van der Waals surface area contributed by atoms with Gasteiger partial charge in [0.1, 0.15) is 6.33 Å². The lowest BCUT2D eigenvalue weighted by atomic mass is 10.1. The van der Waals surface area contributed by atoms with Crippen LogP contribution in [0, 0.1) is 0 Å². The van der Waals surface area contributed by atoms with E-state index in [2.05, 4.69) is 24.8 Å². The number of hydrogen-bond acceptors (Lipinski definition) is 7. The van der Waals surface area contributed by atoms with E-state index >= 15 is 0 Å². The molecule has 7 nitrogen and oxygen atoms in total. The van der Waals surface area contributed by atoms with Crippen LogP contribution in [0.2, 0.25) is 0 Å². The summed E-state index contributed by atoms with van der Waals surface area (Å²) in [5.41, 5.74) is 5.95. The molecule has 1 aromatic carbocycles. The first-order valence-electron chi connectivity index (χ1n) is 8.88. The molecule has 27 heavy (non-hydrogen) atoms. The summed E-state index contributed by atoms with van der Waals surface area (Å²) >= 11 is 0. The van der Waals surface area contributed by atoms with E-state index in [1.165, 1.54) is 6.33 Å². The summed E-state index contributed by atoms with van der Waals surface area (Å²) in [6.07, 6.45) is 9.66. The predicted molar refractivity (Wildman–Crippen MR) is 100 cm³/mol. The fourth-order valence-electron chi connectivity index (χ4n) is 3.36. The summed E-state index contributed by atoms with van der Waals surface area (Å²) < 4.78 is 0. The maximum atomic E-state index is 4.73. The summed E-state index contributed by atoms with van der Waals surface area (Å²) in [5, 5.41) is 0. The van der Waals surface area contributed by atoms with Crippen molar-refractivity contribution in [3.05, 3.63) is 72.3 Å². The van der Waals surface area contributed by atoms with Gasteiger partial charge in [0.2, 0.25) is 0 Å². The van der Waals surface area contributed by atoms with Crippen LogP contribution in [0.5, 0.6) is 0 Å². The zero-order valence-corrected chi connectivity index (χ0v) is 14.7. The fraction of sp³-hybridized carbons (Fsp3) is 0.200. The van der Waals surface area contributed by atoms with Crippen molar-refractivity contribution in [1.29, 1.82) is 0 Å². The highest BCUT2D eigenvalue weighted by molar-refractivity contribution is 5.73. The van der Waals surface area contributed by atoms with Crippen molar-refractivity contribution in [1.82, 2.24) is 34.8 Å². The molecular formula is C20H17N7. The molecule has 0 amide bonds. The second kappa shape index (κ2) is 6.77.